The van der Waals surface area contributed by atoms with Gasteiger partial charge in [0, 0.05) is 17.7 Å². The minimum Gasteiger partial charge on any atom is -0.497 e. The molecule has 0 bridgehead atoms. The first-order valence-electron chi connectivity index (χ1n) is 7.45. The van der Waals surface area contributed by atoms with Crippen molar-refractivity contribution in [2.24, 2.45) is 0 Å². The number of nitrogens with one attached hydrogen (secondary N) is 2. The molecule has 6 heteroatoms. The number of methoxy groups -OCH3 is 2. The van der Waals surface area contributed by atoms with Crippen LogP contribution >= 0.6 is 0 Å². The largest absolute Gasteiger partial charge is 0.497 e. The summed E-state index contributed by atoms with van der Waals surface area (Å²) in [4.78, 5) is 23.8. The van der Waals surface area contributed by atoms with Crippen LogP contribution < -0.4 is 20.1 Å². The molecule has 0 saturated carbocycles. The van der Waals surface area contributed by atoms with E-state index in [9.17, 15) is 9.59 Å². The molecule has 0 unspecified atom stereocenters. The van der Waals surface area contributed by atoms with Crippen LogP contribution in [0.15, 0.2) is 48.5 Å². The van der Waals surface area contributed by atoms with Gasteiger partial charge in [-0.05, 0) is 30.3 Å². The molecule has 0 saturated heterocycles. The number of carbonyl (C=O) groups is 2. The van der Waals surface area contributed by atoms with Gasteiger partial charge in [-0.2, -0.15) is 0 Å². The molecule has 0 aliphatic carbocycles. The van der Waals surface area contributed by atoms with E-state index in [1.54, 1.807) is 56.7 Å². The van der Waals surface area contributed by atoms with Gasteiger partial charge < -0.3 is 20.1 Å². The van der Waals surface area contributed by atoms with E-state index >= 15 is 0 Å². The minimum absolute atomic E-state index is 0.0972. The molecule has 0 atom stereocenters. The van der Waals surface area contributed by atoms with Crippen LogP contribution in [0.5, 0.6) is 11.5 Å². The predicted molar refractivity (Wildman–Crippen MR) is 90.2 cm³/mol. The third kappa shape index (κ3) is 4.74. The summed E-state index contributed by atoms with van der Waals surface area (Å²) in [5.74, 6) is 0.760. The number of hydrogen-bond acceptors (Lipinski definition) is 4. The first-order valence-corrected chi connectivity index (χ1v) is 7.45. The number of rotatable bonds is 7. The fourth-order valence-electron chi connectivity index (χ4n) is 2.13. The molecule has 2 N–H and O–H groups in total. The lowest BCUT2D eigenvalue weighted by Crippen LogP contribution is -2.36. The Morgan fingerprint density at radius 3 is 2.38 bits per heavy atom. The summed E-state index contributed by atoms with van der Waals surface area (Å²) in [5.41, 5.74) is 1.30. The average molecular weight is 328 g/mol. The third-order valence-corrected chi connectivity index (χ3v) is 3.41. The summed E-state index contributed by atoms with van der Waals surface area (Å²) in [6.07, 6.45) is 0. The van der Waals surface area contributed by atoms with Crippen molar-refractivity contribution >= 4 is 11.8 Å². The normalized spacial score (nSPS) is 9.92. The first kappa shape index (κ1) is 17.3. The molecule has 0 spiro atoms. The Bertz CT molecular complexity index is 701. The summed E-state index contributed by atoms with van der Waals surface area (Å²) >= 11 is 0. The van der Waals surface area contributed by atoms with Crippen molar-refractivity contribution < 1.29 is 19.1 Å². The molecule has 0 radical (unpaired) electrons. The molecule has 126 valence electrons. The minimum atomic E-state index is -0.288. The molecule has 0 fully saturated rings. The van der Waals surface area contributed by atoms with Gasteiger partial charge in [0.15, 0.2) is 0 Å². The van der Waals surface area contributed by atoms with Gasteiger partial charge in [-0.25, -0.2) is 0 Å². The van der Waals surface area contributed by atoms with Gasteiger partial charge in [0.2, 0.25) is 5.91 Å². The second-order valence-electron chi connectivity index (χ2n) is 5.00. The van der Waals surface area contributed by atoms with Crippen molar-refractivity contribution in [2.45, 2.75) is 6.54 Å². The molecule has 2 aromatic rings. The Hall–Kier alpha value is -3.02. The van der Waals surface area contributed by atoms with E-state index in [1.807, 2.05) is 6.07 Å². The summed E-state index contributed by atoms with van der Waals surface area (Å²) in [7, 11) is 3.14. The zero-order valence-corrected chi connectivity index (χ0v) is 13.7. The quantitative estimate of drug-likeness (QED) is 0.812. The number of amides is 2. The van der Waals surface area contributed by atoms with E-state index in [0.29, 0.717) is 17.1 Å². The molecule has 0 heterocycles. The van der Waals surface area contributed by atoms with Gasteiger partial charge in [0.25, 0.3) is 5.91 Å². The Morgan fingerprint density at radius 1 is 0.958 bits per heavy atom. The molecule has 0 aromatic heterocycles. The fourth-order valence-corrected chi connectivity index (χ4v) is 2.13. The average Bonchev–Trinajstić information content (AvgIpc) is 2.64. The summed E-state index contributed by atoms with van der Waals surface area (Å²) in [6.45, 7) is 0.181. The maximum absolute atomic E-state index is 11.9. The van der Waals surface area contributed by atoms with Gasteiger partial charge >= 0.3 is 0 Å². The van der Waals surface area contributed by atoms with E-state index in [2.05, 4.69) is 10.6 Å². The van der Waals surface area contributed by atoms with Crippen LogP contribution in [-0.4, -0.2) is 32.6 Å². The van der Waals surface area contributed by atoms with Gasteiger partial charge in [-0.15, -0.1) is 0 Å². The van der Waals surface area contributed by atoms with Crippen LogP contribution in [0.4, 0.5) is 0 Å². The van der Waals surface area contributed by atoms with Crippen LogP contribution in [0.3, 0.4) is 0 Å². The Balaban J connectivity index is 1.86. The molecule has 6 nitrogen and oxygen atoms in total. The molecule has 2 aromatic carbocycles. The lowest BCUT2D eigenvalue weighted by molar-refractivity contribution is -0.120. The molecule has 2 amide bonds. The molecular formula is C18H20N2O4. The highest BCUT2D eigenvalue weighted by molar-refractivity contribution is 5.96. The van der Waals surface area contributed by atoms with Gasteiger partial charge in [-0.1, -0.05) is 18.2 Å². The molecule has 0 aliphatic heterocycles. The fraction of sp³-hybridized carbons (Fsp3) is 0.222. The number of carbonyl (C=O) groups excluding carboxylic acids is 2. The van der Waals surface area contributed by atoms with Crippen LogP contribution in [-0.2, 0) is 11.3 Å². The summed E-state index contributed by atoms with van der Waals surface area (Å²) < 4.78 is 10.4. The summed E-state index contributed by atoms with van der Waals surface area (Å²) in [5, 5.41) is 5.32. The second-order valence-corrected chi connectivity index (χ2v) is 5.00. The Kier molecular flexibility index (Phi) is 6.19. The van der Waals surface area contributed by atoms with E-state index in [-0.39, 0.29) is 24.9 Å². The Labute approximate surface area is 140 Å². The zero-order chi connectivity index (χ0) is 17.4. The highest BCUT2D eigenvalue weighted by atomic mass is 16.5. The standard InChI is InChI=1S/C18H20N2O4/c1-23-15-8-9-16(24-2)14(10-15)11-19-17(21)12-20-18(22)13-6-4-3-5-7-13/h3-10H,11-12H2,1-2H3,(H,19,21)(H,20,22). The SMILES string of the molecule is COc1ccc(OC)c(CNC(=O)CNC(=O)c2ccccc2)c1. The lowest BCUT2D eigenvalue weighted by Gasteiger charge is -2.12. The van der Waals surface area contributed by atoms with Gasteiger partial charge in [0.05, 0.1) is 20.8 Å². The van der Waals surface area contributed by atoms with E-state index in [1.165, 1.54) is 0 Å². The van der Waals surface area contributed by atoms with Crippen molar-refractivity contribution in [1.29, 1.82) is 0 Å². The highest BCUT2D eigenvalue weighted by Crippen LogP contribution is 2.23. The molecular weight excluding hydrogens is 308 g/mol. The van der Waals surface area contributed by atoms with Crippen LogP contribution in [0.25, 0.3) is 0 Å². The van der Waals surface area contributed by atoms with Crippen LogP contribution in [0.2, 0.25) is 0 Å². The first-order chi connectivity index (χ1) is 11.6. The maximum atomic E-state index is 11.9. The van der Waals surface area contributed by atoms with Crippen LogP contribution in [0, 0.1) is 0 Å². The molecule has 2 rings (SSSR count). The monoisotopic (exact) mass is 328 g/mol. The highest BCUT2D eigenvalue weighted by Gasteiger charge is 2.09. The number of hydrogen-bond donors (Lipinski definition) is 2. The van der Waals surface area contributed by atoms with Gasteiger partial charge in [-0.3, -0.25) is 9.59 Å². The second kappa shape index (κ2) is 8.57. The Morgan fingerprint density at radius 2 is 1.71 bits per heavy atom. The number of benzene rings is 2. The molecule has 0 aliphatic rings. The van der Waals surface area contributed by atoms with Crippen molar-refractivity contribution in [3.05, 3.63) is 59.7 Å². The maximum Gasteiger partial charge on any atom is 0.251 e. The van der Waals surface area contributed by atoms with Crippen molar-refractivity contribution in [3.8, 4) is 11.5 Å². The van der Waals surface area contributed by atoms with E-state index < -0.39 is 0 Å². The van der Waals surface area contributed by atoms with Gasteiger partial charge in [0.1, 0.15) is 11.5 Å². The smallest absolute Gasteiger partial charge is 0.251 e. The topological polar surface area (TPSA) is 76.7 Å². The van der Waals surface area contributed by atoms with E-state index in [0.717, 1.165) is 5.56 Å². The van der Waals surface area contributed by atoms with Crippen molar-refractivity contribution in [1.82, 2.24) is 10.6 Å². The summed E-state index contributed by atoms with van der Waals surface area (Å²) in [6, 6.07) is 14.1. The number of ether oxygens (including phenoxy) is 2. The third-order valence-electron chi connectivity index (χ3n) is 3.41. The van der Waals surface area contributed by atoms with E-state index in [4.69, 9.17) is 9.47 Å². The lowest BCUT2D eigenvalue weighted by atomic mass is 10.2. The van der Waals surface area contributed by atoms with Crippen molar-refractivity contribution in [3.63, 3.8) is 0 Å². The molecule has 24 heavy (non-hydrogen) atoms. The van der Waals surface area contributed by atoms with Crippen molar-refractivity contribution in [2.75, 3.05) is 20.8 Å². The zero-order valence-electron chi connectivity index (χ0n) is 13.7. The van der Waals surface area contributed by atoms with Crippen LogP contribution in [0.1, 0.15) is 15.9 Å². The predicted octanol–water partition coefficient (Wildman–Crippen LogP) is 1.75.